The lowest BCUT2D eigenvalue weighted by atomic mass is 9.74. The molecule has 3 rings (SSSR count). The van der Waals surface area contributed by atoms with E-state index in [0.29, 0.717) is 10.9 Å². The molecule has 0 spiro atoms. The van der Waals surface area contributed by atoms with E-state index in [2.05, 4.69) is 10.3 Å². The molecule has 0 radical (unpaired) electrons. The maximum atomic E-state index is 14.0. The van der Waals surface area contributed by atoms with Gasteiger partial charge in [0.05, 0.1) is 22.8 Å². The minimum atomic E-state index is -5.02. The summed E-state index contributed by atoms with van der Waals surface area (Å²) in [7, 11) is 0. The summed E-state index contributed by atoms with van der Waals surface area (Å²) in [6.45, 7) is 3.67. The van der Waals surface area contributed by atoms with Gasteiger partial charge in [-0.15, -0.1) is 0 Å². The predicted octanol–water partition coefficient (Wildman–Crippen LogP) is 6.11. The number of rotatable bonds is 6. The van der Waals surface area contributed by atoms with Gasteiger partial charge in [-0.25, -0.2) is 4.39 Å². The van der Waals surface area contributed by atoms with Crippen molar-refractivity contribution in [3.8, 4) is 5.75 Å². The molecule has 1 unspecified atom stereocenters. The molecule has 0 amide bonds. The number of fused-ring (bicyclic) bond motifs is 1. The number of alkyl halides is 3. The highest BCUT2D eigenvalue weighted by Crippen LogP contribution is 2.44. The second-order valence-corrected chi connectivity index (χ2v) is 8.93. The van der Waals surface area contributed by atoms with Crippen LogP contribution in [0.25, 0.3) is 10.9 Å². The fourth-order valence-electron chi connectivity index (χ4n) is 3.84. The summed E-state index contributed by atoms with van der Waals surface area (Å²) in [5, 5.41) is 24.1. The van der Waals surface area contributed by atoms with Crippen molar-refractivity contribution in [1.29, 1.82) is 0 Å². The largest absolute Gasteiger partial charge is 0.505 e. The Morgan fingerprint density at radius 3 is 2.41 bits per heavy atom. The van der Waals surface area contributed by atoms with Gasteiger partial charge in [-0.05, 0) is 49.1 Å². The average Bonchev–Trinajstić information content (AvgIpc) is 2.68. The third kappa shape index (κ3) is 4.61. The monoisotopic (exact) mass is 470 g/mol. The van der Waals surface area contributed by atoms with Crippen molar-refractivity contribution in [2.75, 3.05) is 11.9 Å². The lowest BCUT2D eigenvalue weighted by Crippen LogP contribution is -2.53. The molecule has 0 fully saturated rings. The Kier molecular flexibility index (Phi) is 6.32. The summed E-state index contributed by atoms with van der Waals surface area (Å²) < 4.78 is 55.9. The van der Waals surface area contributed by atoms with Gasteiger partial charge in [0, 0.05) is 16.6 Å². The van der Waals surface area contributed by atoms with Gasteiger partial charge >= 0.3 is 6.18 Å². The fourth-order valence-corrected chi connectivity index (χ4v) is 4.08. The molecule has 0 saturated carbocycles. The number of aliphatic hydroxyl groups is 1. The number of aryl methyl sites for hydroxylation is 1. The van der Waals surface area contributed by atoms with E-state index in [1.165, 1.54) is 32.0 Å². The number of phenols is 1. The standard InChI is InChI=1S/C23H23ClF4N2O2/c1-13-7-8-14-18(30-13)10-9-16(24)19(14)29-12-22(32,23(26,27)28)11-21(2,3)15-5-4-6-17(25)20(15)31/h4-10,29,31-32H,11-12H2,1-3H3. The number of hydrogen-bond acceptors (Lipinski definition) is 4. The number of aromatic hydroxyl groups is 1. The molecule has 4 nitrogen and oxygen atoms in total. The zero-order valence-corrected chi connectivity index (χ0v) is 18.4. The maximum Gasteiger partial charge on any atom is 0.418 e. The molecule has 1 atom stereocenters. The topological polar surface area (TPSA) is 65.4 Å². The van der Waals surface area contributed by atoms with Gasteiger partial charge in [-0.1, -0.05) is 37.6 Å². The molecule has 0 aliphatic rings. The van der Waals surface area contributed by atoms with Crippen LogP contribution in [0.15, 0.2) is 42.5 Å². The van der Waals surface area contributed by atoms with Crippen molar-refractivity contribution in [1.82, 2.24) is 4.98 Å². The van der Waals surface area contributed by atoms with Gasteiger partial charge in [-0.3, -0.25) is 4.98 Å². The number of hydrogen-bond donors (Lipinski definition) is 3. The zero-order chi connectivity index (χ0) is 23.9. The van der Waals surface area contributed by atoms with Crippen molar-refractivity contribution in [2.45, 2.75) is 44.4 Å². The fraction of sp³-hybridized carbons (Fsp3) is 0.348. The predicted molar refractivity (Wildman–Crippen MR) is 117 cm³/mol. The van der Waals surface area contributed by atoms with Crippen LogP contribution in [0.3, 0.4) is 0 Å². The highest BCUT2D eigenvalue weighted by atomic mass is 35.5. The molecule has 0 saturated heterocycles. The summed E-state index contributed by atoms with van der Waals surface area (Å²) in [6, 6.07) is 10.2. The number of nitrogens with zero attached hydrogens (tertiary/aromatic N) is 1. The second kappa shape index (κ2) is 8.41. The first-order valence-corrected chi connectivity index (χ1v) is 10.2. The Morgan fingerprint density at radius 1 is 1.06 bits per heavy atom. The van der Waals surface area contributed by atoms with Crippen molar-refractivity contribution in [3.63, 3.8) is 0 Å². The van der Waals surface area contributed by atoms with Crippen molar-refractivity contribution < 1.29 is 27.8 Å². The first kappa shape index (κ1) is 24.1. The number of phenolic OH excluding ortho intramolecular Hbond substituents is 1. The molecular formula is C23H23ClF4N2O2. The maximum absolute atomic E-state index is 14.0. The molecule has 1 aromatic heterocycles. The molecule has 1 heterocycles. The van der Waals surface area contributed by atoms with E-state index < -0.39 is 41.7 Å². The van der Waals surface area contributed by atoms with Gasteiger partial charge in [0.25, 0.3) is 0 Å². The first-order valence-electron chi connectivity index (χ1n) is 9.82. The average molecular weight is 471 g/mol. The minimum Gasteiger partial charge on any atom is -0.505 e. The van der Waals surface area contributed by atoms with Crippen LogP contribution in [0.5, 0.6) is 5.75 Å². The number of nitrogens with one attached hydrogen (secondary N) is 1. The van der Waals surface area contributed by atoms with Gasteiger partial charge in [0.1, 0.15) is 0 Å². The summed E-state index contributed by atoms with van der Waals surface area (Å²) in [6.07, 6.45) is -5.86. The molecule has 0 bridgehead atoms. The van der Waals surface area contributed by atoms with Gasteiger partial charge in [0.2, 0.25) is 0 Å². The molecule has 3 N–H and O–H groups in total. The highest BCUT2D eigenvalue weighted by molar-refractivity contribution is 6.34. The molecule has 2 aromatic carbocycles. The third-order valence-corrected chi connectivity index (χ3v) is 5.81. The highest BCUT2D eigenvalue weighted by Gasteiger charge is 2.56. The van der Waals surface area contributed by atoms with Crippen LogP contribution in [0.4, 0.5) is 23.2 Å². The Labute approximate surface area is 187 Å². The Hall–Kier alpha value is -2.58. The van der Waals surface area contributed by atoms with E-state index in [0.717, 1.165) is 11.8 Å². The van der Waals surface area contributed by atoms with E-state index in [1.807, 2.05) is 0 Å². The summed E-state index contributed by atoms with van der Waals surface area (Å²) >= 11 is 6.23. The van der Waals surface area contributed by atoms with E-state index >= 15 is 0 Å². The van der Waals surface area contributed by atoms with Gasteiger partial charge in [-0.2, -0.15) is 13.2 Å². The lowest BCUT2D eigenvalue weighted by Gasteiger charge is -2.38. The summed E-state index contributed by atoms with van der Waals surface area (Å²) in [4.78, 5) is 4.34. The lowest BCUT2D eigenvalue weighted by molar-refractivity contribution is -0.260. The summed E-state index contributed by atoms with van der Waals surface area (Å²) in [5.41, 5.74) is -3.18. The molecule has 0 aliphatic carbocycles. The number of halogens is 5. The normalized spacial score (nSPS) is 14.4. The number of pyridine rings is 1. The number of para-hydroxylation sites is 1. The molecule has 3 aromatic rings. The van der Waals surface area contributed by atoms with Crippen LogP contribution >= 0.6 is 11.6 Å². The van der Waals surface area contributed by atoms with Gasteiger partial charge < -0.3 is 15.5 Å². The van der Waals surface area contributed by atoms with E-state index in [1.54, 1.807) is 25.1 Å². The number of aromatic nitrogens is 1. The number of anilines is 1. The van der Waals surface area contributed by atoms with Crippen LogP contribution in [0.1, 0.15) is 31.5 Å². The smallest absolute Gasteiger partial charge is 0.418 e. The van der Waals surface area contributed by atoms with Gasteiger partial charge in [0.15, 0.2) is 17.2 Å². The van der Waals surface area contributed by atoms with Crippen molar-refractivity contribution >= 4 is 28.2 Å². The van der Waals surface area contributed by atoms with Crippen molar-refractivity contribution in [2.24, 2.45) is 0 Å². The molecule has 172 valence electrons. The van der Waals surface area contributed by atoms with Crippen LogP contribution in [0.2, 0.25) is 5.02 Å². The third-order valence-electron chi connectivity index (χ3n) is 5.50. The Morgan fingerprint density at radius 2 is 1.75 bits per heavy atom. The van der Waals surface area contributed by atoms with E-state index in [-0.39, 0.29) is 16.3 Å². The quantitative estimate of drug-likeness (QED) is 0.380. The van der Waals surface area contributed by atoms with Crippen molar-refractivity contribution in [3.05, 3.63) is 64.6 Å². The second-order valence-electron chi connectivity index (χ2n) is 8.52. The first-order chi connectivity index (χ1) is 14.7. The Bertz CT molecular complexity index is 1150. The van der Waals surface area contributed by atoms with Crippen LogP contribution in [-0.4, -0.2) is 33.5 Å². The molecule has 9 heteroatoms. The van der Waals surface area contributed by atoms with Crippen LogP contribution < -0.4 is 5.32 Å². The van der Waals surface area contributed by atoms with E-state index in [4.69, 9.17) is 11.6 Å². The molecular weight excluding hydrogens is 448 g/mol. The molecule has 0 aliphatic heterocycles. The van der Waals surface area contributed by atoms with E-state index in [9.17, 15) is 27.8 Å². The van der Waals surface area contributed by atoms with Crippen LogP contribution in [-0.2, 0) is 5.41 Å². The minimum absolute atomic E-state index is 0.0388. The Balaban J connectivity index is 1.97. The zero-order valence-electron chi connectivity index (χ0n) is 17.7. The number of benzene rings is 2. The molecule has 32 heavy (non-hydrogen) atoms. The summed E-state index contributed by atoms with van der Waals surface area (Å²) in [5.74, 6) is -1.69. The van der Waals surface area contributed by atoms with Crippen LogP contribution in [0, 0.1) is 12.7 Å². The SMILES string of the molecule is Cc1ccc2c(NCC(O)(CC(C)(C)c3cccc(F)c3O)C(F)(F)F)c(Cl)ccc2n1.